The highest BCUT2D eigenvalue weighted by Gasteiger charge is 2.21. The number of hydrogen-bond donors (Lipinski definition) is 3. The molecule has 7 heteroatoms. The van der Waals surface area contributed by atoms with E-state index in [1.54, 1.807) is 12.3 Å². The maximum atomic E-state index is 11.5. The van der Waals surface area contributed by atoms with Gasteiger partial charge in [-0.25, -0.2) is 4.98 Å². The predicted octanol–water partition coefficient (Wildman–Crippen LogP) is 5.70. The lowest BCUT2D eigenvalue weighted by atomic mass is 9.88. The number of aromatic amines is 1. The Morgan fingerprint density at radius 3 is 2.84 bits per heavy atom. The lowest BCUT2D eigenvalue weighted by molar-refractivity contribution is -0.137. The van der Waals surface area contributed by atoms with E-state index < -0.39 is 5.97 Å². The van der Waals surface area contributed by atoms with Gasteiger partial charge in [0.2, 0.25) is 0 Å². The van der Waals surface area contributed by atoms with Gasteiger partial charge in [-0.3, -0.25) is 4.79 Å². The van der Waals surface area contributed by atoms with Crippen LogP contribution in [-0.4, -0.2) is 34.2 Å². The van der Waals surface area contributed by atoms with Crippen molar-refractivity contribution in [2.24, 2.45) is 0 Å². The number of pyridine rings is 1. The smallest absolute Gasteiger partial charge is 0.304 e. The van der Waals surface area contributed by atoms with Gasteiger partial charge in [0.05, 0.1) is 13.0 Å². The number of anilines is 1. The second kappa shape index (κ2) is 10.2. The normalized spacial score (nSPS) is 11.9. The number of halogens is 1. The van der Waals surface area contributed by atoms with Crippen LogP contribution >= 0.6 is 11.6 Å². The molecule has 0 aliphatic rings. The summed E-state index contributed by atoms with van der Waals surface area (Å²) in [5.41, 5.74) is 2.71. The van der Waals surface area contributed by atoms with Gasteiger partial charge in [-0.2, -0.15) is 0 Å². The molecule has 32 heavy (non-hydrogen) atoms. The highest BCUT2D eigenvalue weighted by Crippen LogP contribution is 2.35. The zero-order valence-electron chi connectivity index (χ0n) is 17.4. The monoisotopic (exact) mass is 449 g/mol. The first kappa shape index (κ1) is 21.7. The van der Waals surface area contributed by atoms with Crippen molar-refractivity contribution in [3.8, 4) is 5.75 Å². The van der Waals surface area contributed by atoms with Crippen LogP contribution in [0.2, 0.25) is 5.02 Å². The van der Waals surface area contributed by atoms with Crippen molar-refractivity contribution in [1.29, 1.82) is 0 Å². The quantitative estimate of drug-likeness (QED) is 0.270. The van der Waals surface area contributed by atoms with Gasteiger partial charge in [0.1, 0.15) is 11.6 Å². The van der Waals surface area contributed by atoms with Crippen LogP contribution in [0, 0.1) is 0 Å². The van der Waals surface area contributed by atoms with Crippen molar-refractivity contribution in [2.75, 3.05) is 18.5 Å². The Labute approximate surface area is 191 Å². The molecule has 0 amide bonds. The van der Waals surface area contributed by atoms with Crippen LogP contribution in [0.1, 0.15) is 29.9 Å². The van der Waals surface area contributed by atoms with Crippen molar-refractivity contribution >= 4 is 34.3 Å². The average Bonchev–Trinajstić information content (AvgIpc) is 3.21. The molecule has 164 valence electrons. The summed E-state index contributed by atoms with van der Waals surface area (Å²) in [6.45, 7) is 1.34. The number of nitrogens with one attached hydrogen (secondary N) is 2. The number of aromatic nitrogens is 2. The Balaban J connectivity index is 1.43. The van der Waals surface area contributed by atoms with E-state index in [1.165, 1.54) is 0 Å². The fourth-order valence-corrected chi connectivity index (χ4v) is 3.96. The first-order valence-corrected chi connectivity index (χ1v) is 10.8. The number of nitrogens with zero attached hydrogens (tertiary/aromatic N) is 1. The predicted molar refractivity (Wildman–Crippen MR) is 127 cm³/mol. The van der Waals surface area contributed by atoms with Crippen molar-refractivity contribution < 1.29 is 14.6 Å². The molecule has 3 N–H and O–H groups in total. The first-order valence-electron chi connectivity index (χ1n) is 10.5. The van der Waals surface area contributed by atoms with Crippen LogP contribution in [0.25, 0.3) is 10.9 Å². The number of carboxylic acids is 1. The van der Waals surface area contributed by atoms with Gasteiger partial charge in [0.15, 0.2) is 0 Å². The third-order valence-corrected chi connectivity index (χ3v) is 5.49. The lowest BCUT2D eigenvalue weighted by Crippen LogP contribution is -2.08. The summed E-state index contributed by atoms with van der Waals surface area (Å²) in [5, 5.41) is 14.3. The van der Waals surface area contributed by atoms with Crippen LogP contribution < -0.4 is 10.1 Å². The van der Waals surface area contributed by atoms with Crippen LogP contribution in [0.4, 0.5) is 5.82 Å². The third kappa shape index (κ3) is 5.39. The third-order valence-electron chi connectivity index (χ3n) is 5.25. The zero-order chi connectivity index (χ0) is 22.3. The van der Waals surface area contributed by atoms with Gasteiger partial charge in [-0.1, -0.05) is 29.8 Å². The largest absolute Gasteiger partial charge is 0.493 e. The Morgan fingerprint density at radius 2 is 2.06 bits per heavy atom. The first-order chi connectivity index (χ1) is 15.6. The van der Waals surface area contributed by atoms with Crippen molar-refractivity contribution in [1.82, 2.24) is 9.97 Å². The highest BCUT2D eigenvalue weighted by atomic mass is 35.5. The van der Waals surface area contributed by atoms with Gasteiger partial charge in [0.25, 0.3) is 0 Å². The molecular formula is C25H24ClN3O3. The minimum Gasteiger partial charge on any atom is -0.493 e. The van der Waals surface area contributed by atoms with E-state index in [0.717, 1.165) is 46.6 Å². The molecule has 0 saturated heterocycles. The minimum absolute atomic E-state index is 0.0190. The fourth-order valence-electron chi connectivity index (χ4n) is 3.76. The topological polar surface area (TPSA) is 87.2 Å². The average molecular weight is 450 g/mol. The molecule has 0 bridgehead atoms. The molecule has 6 nitrogen and oxygen atoms in total. The van der Waals surface area contributed by atoms with Crippen LogP contribution in [0.3, 0.4) is 0 Å². The molecule has 1 unspecified atom stereocenters. The van der Waals surface area contributed by atoms with Gasteiger partial charge >= 0.3 is 5.97 Å². The van der Waals surface area contributed by atoms with Crippen molar-refractivity contribution in [3.63, 3.8) is 0 Å². The number of rotatable bonds is 10. The maximum absolute atomic E-state index is 11.5. The molecule has 0 saturated carbocycles. The van der Waals surface area contributed by atoms with Crippen LogP contribution in [0.5, 0.6) is 5.75 Å². The summed E-state index contributed by atoms with van der Waals surface area (Å²) < 4.78 is 5.89. The molecule has 0 radical (unpaired) electrons. The summed E-state index contributed by atoms with van der Waals surface area (Å²) in [7, 11) is 0. The second-order valence-electron chi connectivity index (χ2n) is 7.50. The Kier molecular flexibility index (Phi) is 6.92. The molecule has 2 heterocycles. The fraction of sp³-hybridized carbons (Fsp3) is 0.200. The van der Waals surface area contributed by atoms with Gasteiger partial charge in [0, 0.05) is 46.8 Å². The number of fused-ring (bicyclic) bond motifs is 1. The minimum atomic E-state index is -0.858. The van der Waals surface area contributed by atoms with Gasteiger partial charge < -0.3 is 20.1 Å². The molecule has 4 rings (SSSR count). The number of H-pyrrole nitrogens is 1. The molecule has 2 aromatic heterocycles. The summed E-state index contributed by atoms with van der Waals surface area (Å²) in [6.07, 6.45) is 4.45. The van der Waals surface area contributed by atoms with Crippen molar-refractivity contribution in [2.45, 2.75) is 18.8 Å². The van der Waals surface area contributed by atoms with E-state index in [2.05, 4.69) is 15.3 Å². The van der Waals surface area contributed by atoms with E-state index >= 15 is 0 Å². The summed E-state index contributed by atoms with van der Waals surface area (Å²) in [5.74, 6) is 0.456. The van der Waals surface area contributed by atoms with Gasteiger partial charge in [-0.05, 0) is 53.9 Å². The lowest BCUT2D eigenvalue weighted by Gasteiger charge is -2.15. The molecule has 1 atom stereocenters. The molecular weight excluding hydrogens is 426 g/mol. The summed E-state index contributed by atoms with van der Waals surface area (Å²) in [4.78, 5) is 19.0. The molecule has 0 fully saturated rings. The summed E-state index contributed by atoms with van der Waals surface area (Å²) >= 11 is 6.15. The Hall–Kier alpha value is -3.51. The molecule has 0 aliphatic heterocycles. The van der Waals surface area contributed by atoms with E-state index in [9.17, 15) is 9.90 Å². The second-order valence-corrected chi connectivity index (χ2v) is 7.94. The Bertz CT molecular complexity index is 1190. The SMILES string of the molecule is O=C(O)CC(c1cccc(Cl)c1)c1c[nH]c2cc(OCCCNc3ccccn3)ccc12. The molecule has 2 aromatic carbocycles. The summed E-state index contributed by atoms with van der Waals surface area (Å²) in [6, 6.07) is 19.0. The maximum Gasteiger partial charge on any atom is 0.304 e. The van der Waals surface area contributed by atoms with Crippen LogP contribution in [-0.2, 0) is 4.79 Å². The molecule has 4 aromatic rings. The number of carboxylic acid groups (broad SMARTS) is 1. The molecule has 0 spiro atoms. The van der Waals surface area contributed by atoms with Gasteiger partial charge in [-0.15, -0.1) is 0 Å². The molecule has 0 aliphatic carbocycles. The number of carbonyl (C=O) groups is 1. The highest BCUT2D eigenvalue weighted by molar-refractivity contribution is 6.30. The van der Waals surface area contributed by atoms with Crippen LogP contribution in [0.15, 0.2) is 73.1 Å². The van der Waals surface area contributed by atoms with E-state index in [4.69, 9.17) is 16.3 Å². The van der Waals surface area contributed by atoms with Crippen molar-refractivity contribution in [3.05, 3.63) is 89.2 Å². The van der Waals surface area contributed by atoms with E-state index in [0.29, 0.717) is 11.6 Å². The Morgan fingerprint density at radius 1 is 1.16 bits per heavy atom. The van der Waals surface area contributed by atoms with E-state index in [-0.39, 0.29) is 12.3 Å². The number of aliphatic carboxylic acids is 1. The van der Waals surface area contributed by atoms with E-state index in [1.807, 2.05) is 60.8 Å². The standard InChI is InChI=1S/C25H24ClN3O3/c26-18-6-3-5-17(13-18)21(15-25(30)31)22-16-29-23-14-19(8-9-20(22)23)32-12-4-11-28-24-7-1-2-10-27-24/h1-3,5-10,13-14,16,21,29H,4,11-12,15H2,(H,27,28)(H,30,31). The number of hydrogen-bond acceptors (Lipinski definition) is 4. The number of ether oxygens (including phenoxy) is 1. The number of benzene rings is 2. The zero-order valence-corrected chi connectivity index (χ0v) is 18.2.